The second-order valence-corrected chi connectivity index (χ2v) is 4.13. The number of nitrogens with two attached hydrogens (primary N) is 1. The summed E-state index contributed by atoms with van der Waals surface area (Å²) < 4.78 is 0.978. The second kappa shape index (κ2) is 6.19. The first-order valence-electron chi connectivity index (χ1n) is 3.42. The normalized spacial score (nSPS) is 9.08. The Morgan fingerprint density at radius 3 is 2.00 bits per heavy atom. The van der Waals surface area contributed by atoms with Gasteiger partial charge in [0.05, 0.1) is 0 Å². The van der Waals surface area contributed by atoms with Crippen LogP contribution in [-0.4, -0.2) is 58.5 Å². The van der Waals surface area contributed by atoms with Gasteiger partial charge >= 0.3 is 60.1 Å². The van der Waals surface area contributed by atoms with Crippen LogP contribution in [0.2, 0.25) is 0 Å². The Labute approximate surface area is 86.3 Å². The van der Waals surface area contributed by atoms with Gasteiger partial charge in [-0.1, -0.05) is 0 Å². The topological polar surface area (TPSA) is 55.0 Å². The van der Waals surface area contributed by atoms with E-state index in [2.05, 4.69) is 9.97 Å². The van der Waals surface area contributed by atoms with Crippen molar-refractivity contribution in [2.24, 2.45) is 0 Å². The van der Waals surface area contributed by atoms with Crippen LogP contribution in [-0.2, 0) is 0 Å². The second-order valence-electron chi connectivity index (χ2n) is 2.67. The molecular formula is C7H13N4Sn. The Hall–Kier alpha value is -0.361. The molecule has 1 heterocycles. The van der Waals surface area contributed by atoms with Crippen LogP contribution in [0.3, 0.4) is 0 Å². The molecule has 0 amide bonds. The molecule has 12 heavy (non-hydrogen) atoms. The zero-order valence-electron chi connectivity index (χ0n) is 7.57. The number of nitrogens with zero attached hydrogens (tertiary/aromatic N) is 3. The summed E-state index contributed by atoms with van der Waals surface area (Å²) in [6.07, 6.45) is 3.23. The first kappa shape index (κ1) is 11.6. The van der Waals surface area contributed by atoms with Crippen molar-refractivity contribution in [2.75, 3.05) is 26.9 Å². The molecule has 0 saturated heterocycles. The molecule has 3 radical (unpaired) electrons. The summed E-state index contributed by atoms with van der Waals surface area (Å²) in [5, 5.41) is 0. The van der Waals surface area contributed by atoms with Crippen LogP contribution < -0.4 is 9.44 Å². The SMILES string of the molecule is CN(C)C.Nc1cn[c]([Sn])cn1. The van der Waals surface area contributed by atoms with E-state index in [-0.39, 0.29) is 0 Å². The van der Waals surface area contributed by atoms with Crippen LogP contribution in [0.1, 0.15) is 0 Å². The molecule has 5 heteroatoms. The summed E-state index contributed by atoms with van der Waals surface area (Å²) in [6, 6.07) is 0. The minimum atomic E-state index is 0.483. The molecule has 65 valence electrons. The molecule has 0 aliphatic carbocycles. The maximum absolute atomic E-state index is 5.26. The monoisotopic (exact) mass is 273 g/mol. The third-order valence-corrected chi connectivity index (χ3v) is 1.41. The number of hydrogen-bond donors (Lipinski definition) is 1. The third kappa shape index (κ3) is 7.74. The van der Waals surface area contributed by atoms with Crippen molar-refractivity contribution in [3.05, 3.63) is 12.4 Å². The predicted octanol–water partition coefficient (Wildman–Crippen LogP) is -0.970. The fraction of sp³-hybridized carbons (Fsp3) is 0.429. The molecule has 0 spiro atoms. The van der Waals surface area contributed by atoms with E-state index in [0.717, 1.165) is 3.71 Å². The summed E-state index contributed by atoms with van der Waals surface area (Å²) in [6.45, 7) is 0. The van der Waals surface area contributed by atoms with Crippen molar-refractivity contribution in [1.82, 2.24) is 14.9 Å². The first-order valence-corrected chi connectivity index (χ1v) is 4.85. The van der Waals surface area contributed by atoms with Gasteiger partial charge in [0.1, 0.15) is 0 Å². The molecule has 0 aliphatic heterocycles. The van der Waals surface area contributed by atoms with Crippen LogP contribution in [0.5, 0.6) is 0 Å². The van der Waals surface area contributed by atoms with Crippen molar-refractivity contribution in [3.8, 4) is 0 Å². The van der Waals surface area contributed by atoms with E-state index in [0.29, 0.717) is 5.82 Å². The van der Waals surface area contributed by atoms with E-state index in [1.54, 1.807) is 12.4 Å². The van der Waals surface area contributed by atoms with E-state index in [9.17, 15) is 0 Å². The van der Waals surface area contributed by atoms with Crippen LogP contribution in [0.15, 0.2) is 12.4 Å². The Bertz CT molecular complexity index is 185. The molecule has 0 atom stereocenters. The van der Waals surface area contributed by atoms with Gasteiger partial charge in [0.2, 0.25) is 0 Å². The first-order chi connectivity index (χ1) is 5.52. The van der Waals surface area contributed by atoms with E-state index >= 15 is 0 Å². The molecule has 1 aromatic rings. The summed E-state index contributed by atoms with van der Waals surface area (Å²) in [5.41, 5.74) is 5.26. The Morgan fingerprint density at radius 2 is 1.75 bits per heavy atom. The van der Waals surface area contributed by atoms with Crippen LogP contribution >= 0.6 is 0 Å². The van der Waals surface area contributed by atoms with Crippen molar-refractivity contribution < 1.29 is 0 Å². The number of anilines is 1. The Balaban J connectivity index is 0.000000261. The van der Waals surface area contributed by atoms with Gasteiger partial charge in [-0.3, -0.25) is 0 Å². The molecule has 0 bridgehead atoms. The van der Waals surface area contributed by atoms with Crippen molar-refractivity contribution in [1.29, 1.82) is 0 Å². The minimum absolute atomic E-state index is 0.483. The number of nitrogen functional groups attached to an aromatic ring is 1. The fourth-order valence-corrected chi connectivity index (χ4v) is 0.706. The summed E-state index contributed by atoms with van der Waals surface area (Å²) in [5.74, 6) is 0.483. The molecule has 1 rings (SSSR count). The quantitative estimate of drug-likeness (QED) is 0.617. The number of hydrogen-bond acceptors (Lipinski definition) is 4. The average molecular weight is 272 g/mol. The molecule has 1 aromatic heterocycles. The number of rotatable bonds is 0. The molecule has 0 unspecified atom stereocenters. The van der Waals surface area contributed by atoms with Crippen LogP contribution in [0, 0.1) is 0 Å². The average Bonchev–Trinajstić information content (AvgIpc) is 1.94. The molecule has 0 aromatic carbocycles. The van der Waals surface area contributed by atoms with Gasteiger partial charge in [0.15, 0.2) is 0 Å². The van der Waals surface area contributed by atoms with E-state index in [1.165, 1.54) is 22.5 Å². The van der Waals surface area contributed by atoms with Gasteiger partial charge in [0, 0.05) is 0 Å². The zero-order chi connectivity index (χ0) is 9.56. The molecule has 0 fully saturated rings. The Morgan fingerprint density at radius 1 is 1.25 bits per heavy atom. The Kier molecular flexibility index (Phi) is 6.00. The van der Waals surface area contributed by atoms with E-state index in [4.69, 9.17) is 5.73 Å². The maximum atomic E-state index is 5.26. The molecule has 0 aliphatic rings. The summed E-state index contributed by atoms with van der Waals surface area (Å²) >= 11 is 1.27. The van der Waals surface area contributed by atoms with Crippen LogP contribution in [0.25, 0.3) is 0 Å². The number of aromatic nitrogens is 2. The zero-order valence-corrected chi connectivity index (χ0v) is 10.4. The predicted molar refractivity (Wildman–Crippen MR) is 51.4 cm³/mol. The van der Waals surface area contributed by atoms with Gasteiger partial charge in [-0.15, -0.1) is 0 Å². The van der Waals surface area contributed by atoms with Gasteiger partial charge in [-0.25, -0.2) is 0 Å². The van der Waals surface area contributed by atoms with Crippen molar-refractivity contribution in [3.63, 3.8) is 0 Å². The van der Waals surface area contributed by atoms with Crippen molar-refractivity contribution >= 4 is 32.1 Å². The molecule has 0 saturated carbocycles. The van der Waals surface area contributed by atoms with E-state index in [1.807, 2.05) is 26.0 Å². The summed E-state index contributed by atoms with van der Waals surface area (Å²) in [7, 11) is 6.00. The van der Waals surface area contributed by atoms with Crippen molar-refractivity contribution in [2.45, 2.75) is 0 Å². The van der Waals surface area contributed by atoms with Gasteiger partial charge < -0.3 is 4.90 Å². The molecule has 4 nitrogen and oxygen atoms in total. The fourth-order valence-electron chi connectivity index (χ4n) is 0.338. The molecule has 2 N–H and O–H groups in total. The van der Waals surface area contributed by atoms with Gasteiger partial charge in [-0.05, 0) is 21.1 Å². The van der Waals surface area contributed by atoms with E-state index < -0.39 is 0 Å². The van der Waals surface area contributed by atoms with Crippen LogP contribution in [0.4, 0.5) is 5.82 Å². The van der Waals surface area contributed by atoms with Gasteiger partial charge in [-0.2, -0.15) is 0 Å². The van der Waals surface area contributed by atoms with Gasteiger partial charge in [0.25, 0.3) is 0 Å². The molecular weight excluding hydrogens is 259 g/mol. The standard InChI is InChI=1S/C4H4N3.C3H9N.Sn/c5-4-3-6-1-2-7-4;1-4(2)3;/h2-3H,(H2,5,7);1-3H3;. The summed E-state index contributed by atoms with van der Waals surface area (Å²) in [4.78, 5) is 9.75. The third-order valence-electron chi connectivity index (χ3n) is 0.672.